The molecule has 164 valence electrons. The average molecular weight is 535 g/mol. The highest BCUT2D eigenvalue weighted by Crippen LogP contribution is 2.26. The first kappa shape index (κ1) is 24.4. The number of nitrogens with one attached hydrogen (secondary N) is 3. The molecule has 1 saturated heterocycles. The van der Waals surface area contributed by atoms with E-state index in [9.17, 15) is 8.42 Å². The standard InChI is InChI=1S/C20H33N5O2S.HI/c1-2-21-20(24-17-12-15-25(16-17)18-8-6-7-9-18)22-13-14-23-28(26,27)19-10-4-3-5-11-19;/h3-5,10-11,17-18,23H,2,6-9,12-16H2,1H3,(H2,21,22,24);1H. The van der Waals surface area contributed by atoms with Gasteiger partial charge in [0.05, 0.1) is 11.4 Å². The van der Waals surface area contributed by atoms with Crippen LogP contribution in [0.2, 0.25) is 0 Å². The second kappa shape index (κ2) is 12.1. The second-order valence-electron chi connectivity index (χ2n) is 7.53. The minimum absolute atomic E-state index is 0. The zero-order valence-corrected chi connectivity index (χ0v) is 20.3. The molecule has 0 spiro atoms. The van der Waals surface area contributed by atoms with Gasteiger partial charge in [0.15, 0.2) is 5.96 Å². The molecule has 3 N–H and O–H groups in total. The third-order valence-corrected chi connectivity index (χ3v) is 6.95. The molecule has 7 nitrogen and oxygen atoms in total. The van der Waals surface area contributed by atoms with Gasteiger partial charge in [-0.2, -0.15) is 0 Å². The summed E-state index contributed by atoms with van der Waals surface area (Å²) < 4.78 is 27.1. The van der Waals surface area contributed by atoms with E-state index in [4.69, 9.17) is 0 Å². The Morgan fingerprint density at radius 1 is 1.17 bits per heavy atom. The van der Waals surface area contributed by atoms with Gasteiger partial charge in [-0.15, -0.1) is 24.0 Å². The minimum Gasteiger partial charge on any atom is -0.357 e. The molecule has 3 rings (SSSR count). The Kier molecular flexibility index (Phi) is 10.1. The summed E-state index contributed by atoms with van der Waals surface area (Å²) in [5, 5.41) is 6.79. The molecule has 1 aliphatic carbocycles. The van der Waals surface area contributed by atoms with Crippen molar-refractivity contribution >= 4 is 40.0 Å². The predicted octanol–water partition coefficient (Wildman–Crippen LogP) is 2.15. The first-order chi connectivity index (χ1) is 13.6. The third kappa shape index (κ3) is 7.37. The zero-order valence-electron chi connectivity index (χ0n) is 17.1. The van der Waals surface area contributed by atoms with Crippen molar-refractivity contribution < 1.29 is 8.42 Å². The van der Waals surface area contributed by atoms with Crippen LogP contribution in [0.1, 0.15) is 39.0 Å². The van der Waals surface area contributed by atoms with E-state index in [0.29, 0.717) is 12.6 Å². The molecule has 0 amide bonds. The van der Waals surface area contributed by atoms with Gasteiger partial charge in [-0.1, -0.05) is 31.0 Å². The molecule has 29 heavy (non-hydrogen) atoms. The summed E-state index contributed by atoms with van der Waals surface area (Å²) in [6.07, 6.45) is 6.52. The molecule has 2 aliphatic rings. The minimum atomic E-state index is -3.48. The van der Waals surface area contributed by atoms with Crippen molar-refractivity contribution in [3.8, 4) is 0 Å². The molecular formula is C20H34IN5O2S. The summed E-state index contributed by atoms with van der Waals surface area (Å²) in [5.74, 6) is 0.764. The van der Waals surface area contributed by atoms with Gasteiger partial charge in [0, 0.05) is 38.3 Å². The summed E-state index contributed by atoms with van der Waals surface area (Å²) in [6.45, 7) is 5.69. The molecular weight excluding hydrogens is 501 g/mol. The molecule has 2 fully saturated rings. The van der Waals surface area contributed by atoms with E-state index in [1.165, 1.54) is 25.7 Å². The van der Waals surface area contributed by atoms with Crippen LogP contribution in [0.25, 0.3) is 0 Å². The van der Waals surface area contributed by atoms with E-state index in [1.54, 1.807) is 30.3 Å². The number of nitrogens with zero attached hydrogens (tertiary/aromatic N) is 2. The fourth-order valence-corrected chi connectivity index (χ4v) is 5.09. The predicted molar refractivity (Wildman–Crippen MR) is 128 cm³/mol. The Hall–Kier alpha value is -0.910. The lowest BCUT2D eigenvalue weighted by Gasteiger charge is -2.24. The number of benzene rings is 1. The van der Waals surface area contributed by atoms with Gasteiger partial charge < -0.3 is 10.6 Å². The maximum Gasteiger partial charge on any atom is 0.240 e. The number of aliphatic imine (C=N–C) groups is 1. The highest BCUT2D eigenvalue weighted by Gasteiger charge is 2.30. The van der Waals surface area contributed by atoms with E-state index >= 15 is 0 Å². The molecule has 0 aromatic heterocycles. The van der Waals surface area contributed by atoms with Crippen LogP contribution in [-0.2, 0) is 10.0 Å². The molecule has 9 heteroatoms. The van der Waals surface area contributed by atoms with Crippen LogP contribution < -0.4 is 15.4 Å². The Labute approximate surface area is 192 Å². The highest BCUT2D eigenvalue weighted by molar-refractivity contribution is 14.0. The van der Waals surface area contributed by atoms with E-state index in [2.05, 4.69) is 25.2 Å². The molecule has 0 bridgehead atoms. The number of likely N-dealkylation sites (tertiary alicyclic amines) is 1. The van der Waals surface area contributed by atoms with Crippen LogP contribution in [0.15, 0.2) is 40.2 Å². The lowest BCUT2D eigenvalue weighted by atomic mass is 10.2. The molecule has 1 unspecified atom stereocenters. The molecule has 1 atom stereocenters. The van der Waals surface area contributed by atoms with E-state index in [-0.39, 0.29) is 35.4 Å². The van der Waals surface area contributed by atoms with Crippen molar-refractivity contribution in [1.82, 2.24) is 20.3 Å². The quantitative estimate of drug-likeness (QED) is 0.206. The van der Waals surface area contributed by atoms with E-state index in [0.717, 1.165) is 38.1 Å². The topological polar surface area (TPSA) is 85.8 Å². The van der Waals surface area contributed by atoms with Crippen molar-refractivity contribution in [2.75, 3.05) is 32.7 Å². The molecule has 1 aliphatic heterocycles. The first-order valence-corrected chi connectivity index (χ1v) is 11.9. The van der Waals surface area contributed by atoms with Gasteiger partial charge >= 0.3 is 0 Å². The number of sulfonamides is 1. The summed E-state index contributed by atoms with van der Waals surface area (Å²) in [4.78, 5) is 7.44. The summed E-state index contributed by atoms with van der Waals surface area (Å²) in [7, 11) is -3.48. The fraction of sp³-hybridized carbons (Fsp3) is 0.650. The summed E-state index contributed by atoms with van der Waals surface area (Å²) in [6, 6.07) is 9.58. The van der Waals surface area contributed by atoms with Gasteiger partial charge in [-0.3, -0.25) is 9.89 Å². The van der Waals surface area contributed by atoms with Gasteiger partial charge in [0.25, 0.3) is 0 Å². The molecule has 1 aromatic carbocycles. The Morgan fingerprint density at radius 2 is 1.90 bits per heavy atom. The largest absolute Gasteiger partial charge is 0.357 e. The fourth-order valence-electron chi connectivity index (χ4n) is 4.05. The number of hydrogen-bond donors (Lipinski definition) is 3. The van der Waals surface area contributed by atoms with Crippen LogP contribution in [0.5, 0.6) is 0 Å². The van der Waals surface area contributed by atoms with Crippen molar-refractivity contribution in [1.29, 1.82) is 0 Å². The molecule has 1 heterocycles. The van der Waals surface area contributed by atoms with Gasteiger partial charge in [-0.05, 0) is 38.3 Å². The van der Waals surface area contributed by atoms with Crippen LogP contribution in [-0.4, -0.2) is 64.1 Å². The monoisotopic (exact) mass is 535 g/mol. The number of rotatable bonds is 8. The van der Waals surface area contributed by atoms with E-state index < -0.39 is 10.0 Å². The van der Waals surface area contributed by atoms with Gasteiger partial charge in [0.2, 0.25) is 10.0 Å². The zero-order chi connectivity index (χ0) is 19.8. The first-order valence-electron chi connectivity index (χ1n) is 10.4. The lowest BCUT2D eigenvalue weighted by Crippen LogP contribution is -2.45. The second-order valence-corrected chi connectivity index (χ2v) is 9.30. The van der Waals surface area contributed by atoms with Crippen molar-refractivity contribution in [2.24, 2.45) is 4.99 Å². The Balaban J connectivity index is 0.00000300. The van der Waals surface area contributed by atoms with Crippen molar-refractivity contribution in [3.05, 3.63) is 30.3 Å². The average Bonchev–Trinajstić information content (AvgIpc) is 3.38. The van der Waals surface area contributed by atoms with Crippen LogP contribution in [0, 0.1) is 0 Å². The van der Waals surface area contributed by atoms with Crippen molar-refractivity contribution in [2.45, 2.75) is 56.0 Å². The number of halogens is 1. The van der Waals surface area contributed by atoms with Gasteiger partial charge in [0.1, 0.15) is 0 Å². The van der Waals surface area contributed by atoms with Crippen LogP contribution in [0.3, 0.4) is 0 Å². The maximum atomic E-state index is 12.2. The maximum absolute atomic E-state index is 12.2. The van der Waals surface area contributed by atoms with Crippen LogP contribution >= 0.6 is 24.0 Å². The molecule has 0 radical (unpaired) electrons. The normalized spacial score (nSPS) is 21.1. The lowest BCUT2D eigenvalue weighted by molar-refractivity contribution is 0.242. The van der Waals surface area contributed by atoms with E-state index in [1.807, 2.05) is 6.92 Å². The SMILES string of the molecule is CCNC(=NCCNS(=O)(=O)c1ccccc1)NC1CCN(C2CCCC2)C1.I. The Bertz CT molecular complexity index is 738. The number of guanidine groups is 1. The van der Waals surface area contributed by atoms with Crippen LogP contribution in [0.4, 0.5) is 0 Å². The smallest absolute Gasteiger partial charge is 0.240 e. The summed E-state index contributed by atoms with van der Waals surface area (Å²) in [5.41, 5.74) is 0. The Morgan fingerprint density at radius 3 is 2.59 bits per heavy atom. The van der Waals surface area contributed by atoms with Gasteiger partial charge in [-0.25, -0.2) is 13.1 Å². The molecule has 1 saturated carbocycles. The molecule has 1 aromatic rings. The van der Waals surface area contributed by atoms with Crippen molar-refractivity contribution in [3.63, 3.8) is 0 Å². The third-order valence-electron chi connectivity index (χ3n) is 5.47. The summed E-state index contributed by atoms with van der Waals surface area (Å²) >= 11 is 0. The number of hydrogen-bond acceptors (Lipinski definition) is 4. The highest BCUT2D eigenvalue weighted by atomic mass is 127.